The number of rotatable bonds is 12. The van der Waals surface area contributed by atoms with Gasteiger partial charge >= 0.3 is 0 Å². The van der Waals surface area contributed by atoms with Gasteiger partial charge in [0.25, 0.3) is 0 Å². The summed E-state index contributed by atoms with van der Waals surface area (Å²) in [4.78, 5) is 23.6. The number of methoxy groups -OCH3 is 1. The van der Waals surface area contributed by atoms with Gasteiger partial charge in [-0.15, -0.1) is 0 Å². The molecule has 6 aromatic rings. The first-order chi connectivity index (χ1) is 24.8. The van der Waals surface area contributed by atoms with Crippen molar-refractivity contribution in [2.45, 2.75) is 38.3 Å². The molecule has 1 amide bonds. The third-order valence-electron chi connectivity index (χ3n) is 10.1. The quantitative estimate of drug-likeness (QED) is 0.0957. The highest BCUT2D eigenvalue weighted by Gasteiger charge is 2.25. The molecule has 0 unspecified atom stereocenters. The summed E-state index contributed by atoms with van der Waals surface area (Å²) < 4.78 is 7.44. The van der Waals surface area contributed by atoms with Crippen LogP contribution in [0.3, 0.4) is 0 Å². The first-order valence-corrected chi connectivity index (χ1v) is 17.6. The Labute approximate surface area is 299 Å². The molecule has 9 heteroatoms. The number of nitrogens with zero attached hydrogens (tertiary/aromatic N) is 4. The van der Waals surface area contributed by atoms with Crippen LogP contribution in [-0.2, 0) is 31.2 Å². The zero-order valence-electron chi connectivity index (χ0n) is 29.3. The van der Waals surface area contributed by atoms with E-state index in [1.165, 1.54) is 5.56 Å². The van der Waals surface area contributed by atoms with Crippen molar-refractivity contribution in [1.29, 1.82) is 5.41 Å². The van der Waals surface area contributed by atoms with Crippen LogP contribution in [0, 0.1) is 5.41 Å². The Morgan fingerprint density at radius 2 is 1.69 bits per heavy atom. The molecule has 0 aliphatic carbocycles. The third kappa shape index (κ3) is 7.74. The smallest absolute Gasteiger partial charge is 0.241 e. The van der Waals surface area contributed by atoms with Gasteiger partial charge in [0.15, 0.2) is 0 Å². The van der Waals surface area contributed by atoms with E-state index in [9.17, 15) is 4.79 Å². The van der Waals surface area contributed by atoms with E-state index >= 15 is 0 Å². The van der Waals surface area contributed by atoms with E-state index in [2.05, 4.69) is 94.6 Å². The summed E-state index contributed by atoms with van der Waals surface area (Å²) in [5.74, 6) is 1.98. The van der Waals surface area contributed by atoms with E-state index in [1.54, 1.807) is 7.11 Å². The molecule has 2 heterocycles. The number of benzene rings is 5. The van der Waals surface area contributed by atoms with Crippen molar-refractivity contribution in [1.82, 2.24) is 14.5 Å². The molecule has 51 heavy (non-hydrogen) atoms. The number of aromatic nitrogens is 2. The molecule has 5 aromatic carbocycles. The molecule has 1 aliphatic heterocycles. The van der Waals surface area contributed by atoms with Crippen molar-refractivity contribution in [3.8, 4) is 5.75 Å². The van der Waals surface area contributed by atoms with Gasteiger partial charge < -0.3 is 25.3 Å². The molecule has 4 N–H and O–H groups in total. The third-order valence-corrected chi connectivity index (χ3v) is 10.1. The number of amides is 1. The maximum absolute atomic E-state index is 14.3. The average molecular weight is 680 g/mol. The van der Waals surface area contributed by atoms with Crippen molar-refractivity contribution < 1.29 is 9.53 Å². The number of nitrogens with one attached hydrogen (secondary N) is 2. The highest BCUT2D eigenvalue weighted by atomic mass is 16.5. The van der Waals surface area contributed by atoms with Gasteiger partial charge in [0, 0.05) is 49.5 Å². The first kappa shape index (κ1) is 33.8. The van der Waals surface area contributed by atoms with Gasteiger partial charge in [-0.05, 0) is 83.6 Å². The second kappa shape index (κ2) is 15.1. The number of aryl methyl sites for hydroxylation is 3. The van der Waals surface area contributed by atoms with Crippen molar-refractivity contribution in [2.24, 2.45) is 12.8 Å². The van der Waals surface area contributed by atoms with Crippen LogP contribution in [0.15, 0.2) is 109 Å². The van der Waals surface area contributed by atoms with Crippen LogP contribution < -0.4 is 20.7 Å². The lowest BCUT2D eigenvalue weighted by Crippen LogP contribution is -2.45. The average Bonchev–Trinajstić information content (AvgIpc) is 3.48. The fourth-order valence-corrected chi connectivity index (χ4v) is 7.10. The van der Waals surface area contributed by atoms with Crippen molar-refractivity contribution in [3.63, 3.8) is 0 Å². The maximum Gasteiger partial charge on any atom is 0.241 e. The van der Waals surface area contributed by atoms with Gasteiger partial charge in [-0.2, -0.15) is 0 Å². The zero-order chi connectivity index (χ0) is 35.3. The number of imidazole rings is 1. The molecule has 0 spiro atoms. The molecule has 0 bridgehead atoms. The number of hydrogen-bond donors (Lipinski definition) is 3. The predicted molar refractivity (Wildman–Crippen MR) is 207 cm³/mol. The Morgan fingerprint density at radius 3 is 2.43 bits per heavy atom. The number of carbonyl (C=O) groups is 1. The SMILES string of the molecule is COc1ccc(NC2CCN(CC(=O)N(Cc3cccc4ccccc34)c3ccc4c(c3)nc(CCc3ccc(C(=N)N)cc3)n4C)CC2)cc1. The maximum atomic E-state index is 14.3. The molecule has 9 nitrogen and oxygen atoms in total. The Kier molecular flexibility index (Phi) is 9.99. The number of ether oxygens (including phenoxy) is 1. The van der Waals surface area contributed by atoms with Gasteiger partial charge in [0.05, 0.1) is 31.2 Å². The van der Waals surface area contributed by atoms with Crippen molar-refractivity contribution >= 4 is 44.9 Å². The van der Waals surface area contributed by atoms with E-state index in [4.69, 9.17) is 20.9 Å². The molecule has 0 saturated carbocycles. The summed E-state index contributed by atoms with van der Waals surface area (Å²) in [6.07, 6.45) is 3.51. The number of nitrogen functional groups attached to an aromatic ring is 1. The van der Waals surface area contributed by atoms with E-state index in [-0.39, 0.29) is 11.7 Å². The highest BCUT2D eigenvalue weighted by Crippen LogP contribution is 2.28. The van der Waals surface area contributed by atoms with Gasteiger partial charge in [0.1, 0.15) is 17.4 Å². The number of amidine groups is 1. The molecule has 260 valence electrons. The van der Waals surface area contributed by atoms with Crippen LogP contribution in [0.1, 0.15) is 35.4 Å². The zero-order valence-corrected chi connectivity index (χ0v) is 29.3. The lowest BCUT2D eigenvalue weighted by molar-refractivity contribution is -0.120. The van der Waals surface area contributed by atoms with Gasteiger partial charge in [-0.25, -0.2) is 4.98 Å². The number of hydrogen-bond acceptors (Lipinski definition) is 6. The second-order valence-electron chi connectivity index (χ2n) is 13.4. The predicted octanol–water partition coefficient (Wildman–Crippen LogP) is 6.91. The van der Waals surface area contributed by atoms with Gasteiger partial charge in [-0.1, -0.05) is 66.7 Å². The van der Waals surface area contributed by atoms with Crippen LogP contribution in [-0.4, -0.2) is 59.0 Å². The summed E-state index contributed by atoms with van der Waals surface area (Å²) in [5, 5.41) is 13.6. The summed E-state index contributed by atoms with van der Waals surface area (Å²) in [5.41, 5.74) is 12.5. The molecule has 1 saturated heterocycles. The number of carbonyl (C=O) groups excluding carboxylic acids is 1. The topological polar surface area (TPSA) is 112 Å². The Balaban J connectivity index is 1.09. The van der Waals surface area contributed by atoms with Crippen LogP contribution in [0.2, 0.25) is 0 Å². The molecule has 1 fully saturated rings. The summed E-state index contributed by atoms with van der Waals surface area (Å²) in [6, 6.07) is 37.1. The first-order valence-electron chi connectivity index (χ1n) is 17.6. The molecule has 0 radical (unpaired) electrons. The lowest BCUT2D eigenvalue weighted by atomic mass is 10.0. The van der Waals surface area contributed by atoms with Crippen LogP contribution in [0.5, 0.6) is 5.75 Å². The number of nitrogens with two attached hydrogens (primary N) is 1. The Morgan fingerprint density at radius 1 is 0.941 bits per heavy atom. The van der Waals surface area contributed by atoms with Crippen molar-refractivity contribution in [3.05, 3.63) is 132 Å². The minimum absolute atomic E-state index is 0.0725. The fraction of sp³-hybridized carbons (Fsp3) is 0.262. The Hall–Kier alpha value is -5.67. The standard InChI is InChI=1S/C42H45N7O2/c1-47-39-20-17-35(26-38(39)46-40(47)21-12-29-10-13-31(14-11-29)42(43)44)49(27-32-8-5-7-30-6-3-4-9-37(30)32)41(50)28-48-24-22-34(23-25-48)45-33-15-18-36(51-2)19-16-33/h3-11,13-20,26,34,45H,12,21-25,27-28H2,1-2H3,(H3,43,44). The number of anilines is 2. The van der Waals surface area contributed by atoms with E-state index in [0.29, 0.717) is 19.1 Å². The van der Waals surface area contributed by atoms with Gasteiger partial charge in [0.2, 0.25) is 5.91 Å². The van der Waals surface area contributed by atoms with Crippen LogP contribution in [0.25, 0.3) is 21.8 Å². The second-order valence-corrected chi connectivity index (χ2v) is 13.4. The highest BCUT2D eigenvalue weighted by molar-refractivity contribution is 5.98. The molecule has 1 aromatic heterocycles. The van der Waals surface area contributed by atoms with Crippen LogP contribution in [0.4, 0.5) is 11.4 Å². The number of piperidine rings is 1. The minimum Gasteiger partial charge on any atom is -0.497 e. The molecular weight excluding hydrogens is 635 g/mol. The lowest BCUT2D eigenvalue weighted by Gasteiger charge is -2.34. The van der Waals surface area contributed by atoms with Crippen LogP contribution >= 0.6 is 0 Å². The number of likely N-dealkylation sites (tertiary alicyclic amines) is 1. The van der Waals surface area contributed by atoms with E-state index in [1.807, 2.05) is 41.3 Å². The summed E-state index contributed by atoms with van der Waals surface area (Å²) in [6.45, 7) is 2.52. The normalized spacial score (nSPS) is 13.8. The largest absolute Gasteiger partial charge is 0.497 e. The summed E-state index contributed by atoms with van der Waals surface area (Å²) in [7, 11) is 3.73. The Bertz CT molecular complexity index is 2140. The van der Waals surface area contributed by atoms with E-state index < -0.39 is 0 Å². The van der Waals surface area contributed by atoms with Crippen molar-refractivity contribution in [2.75, 3.05) is 37.0 Å². The molecule has 7 rings (SSSR count). The monoisotopic (exact) mass is 679 g/mol. The van der Waals surface area contributed by atoms with Gasteiger partial charge in [-0.3, -0.25) is 15.1 Å². The number of fused-ring (bicyclic) bond motifs is 2. The fourth-order valence-electron chi connectivity index (χ4n) is 7.10. The molecular formula is C42H45N7O2. The molecule has 0 atom stereocenters. The minimum atomic E-state index is 0.0725. The van der Waals surface area contributed by atoms with E-state index in [0.717, 1.165) is 94.7 Å². The summed E-state index contributed by atoms with van der Waals surface area (Å²) >= 11 is 0. The molecule has 1 aliphatic rings.